The van der Waals surface area contributed by atoms with Crippen LogP contribution >= 0.6 is 0 Å². The standard InChI is InChI=1S/C7H17NO2S/c1-4-6-8-11(9,10)7(3)5-2/h7-8H,4-6H2,1-3H3. The summed E-state index contributed by atoms with van der Waals surface area (Å²) in [6, 6.07) is 0. The Morgan fingerprint density at radius 1 is 1.36 bits per heavy atom. The highest BCUT2D eigenvalue weighted by Gasteiger charge is 2.16. The average Bonchev–Trinajstić information content (AvgIpc) is 1.99. The van der Waals surface area contributed by atoms with E-state index in [-0.39, 0.29) is 5.25 Å². The number of nitrogens with one attached hydrogen (secondary N) is 1. The van der Waals surface area contributed by atoms with E-state index in [4.69, 9.17) is 0 Å². The summed E-state index contributed by atoms with van der Waals surface area (Å²) in [5.41, 5.74) is 0. The topological polar surface area (TPSA) is 46.2 Å². The Morgan fingerprint density at radius 2 is 1.91 bits per heavy atom. The van der Waals surface area contributed by atoms with Gasteiger partial charge in [0, 0.05) is 6.54 Å². The molecule has 1 N–H and O–H groups in total. The molecule has 11 heavy (non-hydrogen) atoms. The van der Waals surface area contributed by atoms with E-state index in [1.165, 1.54) is 0 Å². The molecule has 1 atom stereocenters. The number of rotatable bonds is 5. The third-order valence-corrected chi connectivity index (χ3v) is 3.66. The molecule has 0 aliphatic heterocycles. The van der Waals surface area contributed by atoms with Crippen LogP contribution in [-0.2, 0) is 10.0 Å². The van der Waals surface area contributed by atoms with Gasteiger partial charge in [-0.25, -0.2) is 13.1 Å². The van der Waals surface area contributed by atoms with Gasteiger partial charge < -0.3 is 0 Å². The Balaban J connectivity index is 4.01. The molecule has 0 aromatic carbocycles. The van der Waals surface area contributed by atoms with Crippen LogP contribution in [0.4, 0.5) is 0 Å². The fourth-order valence-electron chi connectivity index (χ4n) is 0.606. The molecule has 0 amide bonds. The van der Waals surface area contributed by atoms with Crippen molar-refractivity contribution in [2.45, 2.75) is 38.9 Å². The van der Waals surface area contributed by atoms with Crippen molar-refractivity contribution >= 4 is 10.0 Å². The minimum atomic E-state index is -3.02. The van der Waals surface area contributed by atoms with Crippen molar-refractivity contribution < 1.29 is 8.42 Å². The van der Waals surface area contributed by atoms with Gasteiger partial charge >= 0.3 is 0 Å². The molecule has 0 spiro atoms. The second kappa shape index (κ2) is 4.72. The molecule has 68 valence electrons. The van der Waals surface area contributed by atoms with Gasteiger partial charge in [-0.2, -0.15) is 0 Å². The van der Waals surface area contributed by atoms with Crippen LogP contribution in [0.1, 0.15) is 33.6 Å². The molecule has 0 aliphatic rings. The first kappa shape index (κ1) is 10.9. The second-order valence-corrected chi connectivity index (χ2v) is 4.84. The summed E-state index contributed by atoms with van der Waals surface area (Å²) in [5.74, 6) is 0. The predicted octanol–water partition coefficient (Wildman–Crippen LogP) is 1.11. The van der Waals surface area contributed by atoms with E-state index in [1.54, 1.807) is 6.92 Å². The lowest BCUT2D eigenvalue weighted by atomic mass is 10.4. The monoisotopic (exact) mass is 179 g/mol. The quantitative estimate of drug-likeness (QED) is 0.687. The van der Waals surface area contributed by atoms with E-state index in [1.807, 2.05) is 13.8 Å². The number of hydrogen-bond donors (Lipinski definition) is 1. The molecule has 0 heterocycles. The van der Waals surface area contributed by atoms with Crippen LogP contribution in [0.3, 0.4) is 0 Å². The number of sulfonamides is 1. The average molecular weight is 179 g/mol. The summed E-state index contributed by atoms with van der Waals surface area (Å²) in [7, 11) is -3.02. The van der Waals surface area contributed by atoms with Gasteiger partial charge in [-0.15, -0.1) is 0 Å². The van der Waals surface area contributed by atoms with Crippen LogP contribution in [0.2, 0.25) is 0 Å². The van der Waals surface area contributed by atoms with Crippen molar-refractivity contribution in [3.8, 4) is 0 Å². The van der Waals surface area contributed by atoms with Gasteiger partial charge in [-0.05, 0) is 19.8 Å². The van der Waals surface area contributed by atoms with E-state index in [0.717, 1.165) is 6.42 Å². The zero-order valence-electron chi connectivity index (χ0n) is 7.42. The Kier molecular flexibility index (Phi) is 4.68. The predicted molar refractivity (Wildman–Crippen MR) is 47.0 cm³/mol. The highest BCUT2D eigenvalue weighted by molar-refractivity contribution is 7.90. The van der Waals surface area contributed by atoms with Crippen molar-refractivity contribution in [3.63, 3.8) is 0 Å². The molecule has 0 aromatic rings. The zero-order valence-corrected chi connectivity index (χ0v) is 8.24. The van der Waals surface area contributed by atoms with E-state index in [9.17, 15) is 8.42 Å². The van der Waals surface area contributed by atoms with Gasteiger partial charge in [0.1, 0.15) is 0 Å². The summed E-state index contributed by atoms with van der Waals surface area (Å²) in [4.78, 5) is 0. The fraction of sp³-hybridized carbons (Fsp3) is 1.00. The lowest BCUT2D eigenvalue weighted by Gasteiger charge is -2.10. The van der Waals surface area contributed by atoms with Crippen LogP contribution < -0.4 is 4.72 Å². The van der Waals surface area contributed by atoms with Crippen molar-refractivity contribution in [1.82, 2.24) is 4.72 Å². The highest BCUT2D eigenvalue weighted by Crippen LogP contribution is 2.01. The summed E-state index contributed by atoms with van der Waals surface area (Å²) in [5, 5.41) is -0.269. The molecule has 3 nitrogen and oxygen atoms in total. The Hall–Kier alpha value is -0.0900. The molecule has 0 aromatic heterocycles. The molecule has 0 rings (SSSR count). The smallest absolute Gasteiger partial charge is 0.214 e. The first-order valence-corrected chi connectivity index (χ1v) is 5.57. The third kappa shape index (κ3) is 3.72. The molecule has 0 saturated heterocycles. The van der Waals surface area contributed by atoms with Crippen molar-refractivity contribution in [3.05, 3.63) is 0 Å². The Labute approximate surface area is 69.2 Å². The maximum Gasteiger partial charge on any atom is 0.214 e. The number of hydrogen-bond acceptors (Lipinski definition) is 2. The maximum atomic E-state index is 11.2. The van der Waals surface area contributed by atoms with Crippen molar-refractivity contribution in [2.24, 2.45) is 0 Å². The summed E-state index contributed by atoms with van der Waals surface area (Å²) in [6.07, 6.45) is 1.51. The van der Waals surface area contributed by atoms with Gasteiger partial charge in [0.25, 0.3) is 0 Å². The maximum absolute atomic E-state index is 11.2. The lowest BCUT2D eigenvalue weighted by molar-refractivity contribution is 0.565. The Morgan fingerprint density at radius 3 is 2.27 bits per heavy atom. The Bertz CT molecular complexity index is 187. The fourth-order valence-corrected chi connectivity index (χ4v) is 1.82. The molecule has 0 fully saturated rings. The minimum Gasteiger partial charge on any atom is -0.215 e. The first-order valence-electron chi connectivity index (χ1n) is 4.03. The SMILES string of the molecule is CCCNS(=O)(=O)C(C)CC. The van der Waals surface area contributed by atoms with Crippen molar-refractivity contribution in [2.75, 3.05) is 6.54 Å². The van der Waals surface area contributed by atoms with E-state index in [2.05, 4.69) is 4.72 Å². The highest BCUT2D eigenvalue weighted by atomic mass is 32.2. The molecular formula is C7H17NO2S. The minimum absolute atomic E-state index is 0.269. The zero-order chi connectivity index (χ0) is 8.91. The van der Waals surface area contributed by atoms with Crippen LogP contribution in [0, 0.1) is 0 Å². The van der Waals surface area contributed by atoms with Crippen LogP contribution in [0.15, 0.2) is 0 Å². The molecule has 1 unspecified atom stereocenters. The van der Waals surface area contributed by atoms with Crippen LogP contribution in [0.5, 0.6) is 0 Å². The van der Waals surface area contributed by atoms with Gasteiger partial charge in [0.15, 0.2) is 0 Å². The first-order chi connectivity index (χ1) is 5.04. The van der Waals surface area contributed by atoms with E-state index < -0.39 is 10.0 Å². The van der Waals surface area contributed by atoms with Crippen molar-refractivity contribution in [1.29, 1.82) is 0 Å². The summed E-state index contributed by atoms with van der Waals surface area (Å²) in [6.45, 7) is 6.08. The second-order valence-electron chi connectivity index (χ2n) is 2.66. The van der Waals surface area contributed by atoms with Gasteiger partial charge in [0.05, 0.1) is 5.25 Å². The molecule has 0 radical (unpaired) electrons. The molecule has 0 aliphatic carbocycles. The normalized spacial score (nSPS) is 14.8. The molecular weight excluding hydrogens is 162 g/mol. The van der Waals surface area contributed by atoms with Gasteiger partial charge in [-0.3, -0.25) is 0 Å². The van der Waals surface area contributed by atoms with E-state index >= 15 is 0 Å². The largest absolute Gasteiger partial charge is 0.215 e. The third-order valence-electron chi connectivity index (χ3n) is 1.66. The lowest BCUT2D eigenvalue weighted by Crippen LogP contribution is -2.32. The summed E-state index contributed by atoms with van der Waals surface area (Å²) >= 11 is 0. The molecule has 0 bridgehead atoms. The van der Waals surface area contributed by atoms with Gasteiger partial charge in [-0.1, -0.05) is 13.8 Å². The molecule has 4 heteroatoms. The van der Waals surface area contributed by atoms with Gasteiger partial charge in [0.2, 0.25) is 10.0 Å². The molecule has 0 saturated carbocycles. The van der Waals surface area contributed by atoms with E-state index in [0.29, 0.717) is 13.0 Å². The summed E-state index contributed by atoms with van der Waals surface area (Å²) < 4.78 is 25.0. The van der Waals surface area contributed by atoms with Crippen LogP contribution in [0.25, 0.3) is 0 Å². The van der Waals surface area contributed by atoms with Crippen LogP contribution in [-0.4, -0.2) is 20.2 Å².